The van der Waals surface area contributed by atoms with Gasteiger partial charge in [-0.3, -0.25) is 9.69 Å². The van der Waals surface area contributed by atoms with Crippen molar-refractivity contribution in [1.82, 2.24) is 4.90 Å². The van der Waals surface area contributed by atoms with Crippen LogP contribution in [0.5, 0.6) is 0 Å². The molecular weight excluding hydrogens is 162 g/mol. The van der Waals surface area contributed by atoms with Crippen molar-refractivity contribution >= 4 is 5.78 Å². The Kier molecular flexibility index (Phi) is 3.48. The van der Waals surface area contributed by atoms with Gasteiger partial charge in [-0.15, -0.1) is 0 Å². The zero-order valence-corrected chi connectivity index (χ0v) is 9.21. The molecule has 0 bridgehead atoms. The molecule has 1 heterocycles. The van der Waals surface area contributed by atoms with Crippen LogP contribution in [0.1, 0.15) is 40.0 Å². The molecule has 13 heavy (non-hydrogen) atoms. The van der Waals surface area contributed by atoms with Crippen LogP contribution in [0.25, 0.3) is 0 Å². The Bertz CT molecular complexity index is 191. The molecule has 1 fully saturated rings. The number of carbonyl (C=O) groups is 1. The number of carbonyl (C=O) groups excluding carboxylic acids is 1. The van der Waals surface area contributed by atoms with Gasteiger partial charge in [0.1, 0.15) is 5.78 Å². The van der Waals surface area contributed by atoms with Crippen molar-refractivity contribution in [3.63, 3.8) is 0 Å². The first kappa shape index (κ1) is 10.7. The molecule has 0 radical (unpaired) electrons. The summed E-state index contributed by atoms with van der Waals surface area (Å²) in [6, 6.07) is 0.811. The first-order chi connectivity index (χ1) is 6.07. The third kappa shape index (κ3) is 2.11. The predicted molar refractivity (Wildman–Crippen MR) is 54.7 cm³/mol. The summed E-state index contributed by atoms with van der Waals surface area (Å²) in [5, 5.41) is 0. The standard InChI is InChI=1S/C11H21NO/c1-5-6-10-8(2)7-11(9(3)13)12(10)4/h8,10-11H,5-7H2,1-4H3/t8-,10-,11-/m0/s1. The van der Waals surface area contributed by atoms with Gasteiger partial charge in [0.15, 0.2) is 0 Å². The Labute approximate surface area is 81.3 Å². The highest BCUT2D eigenvalue weighted by Crippen LogP contribution is 2.31. The molecule has 0 saturated carbocycles. The third-order valence-electron chi connectivity index (χ3n) is 3.32. The molecule has 76 valence electrons. The van der Waals surface area contributed by atoms with Crippen LogP contribution in [-0.4, -0.2) is 29.8 Å². The number of likely N-dealkylation sites (N-methyl/N-ethyl adjacent to an activating group) is 1. The minimum atomic E-state index is 0.187. The summed E-state index contributed by atoms with van der Waals surface area (Å²) in [7, 11) is 2.09. The fraction of sp³-hybridized carbons (Fsp3) is 0.909. The maximum atomic E-state index is 11.3. The Morgan fingerprint density at radius 3 is 2.54 bits per heavy atom. The van der Waals surface area contributed by atoms with Crippen LogP contribution in [0.15, 0.2) is 0 Å². The number of hydrogen-bond acceptors (Lipinski definition) is 2. The van der Waals surface area contributed by atoms with Crippen LogP contribution >= 0.6 is 0 Å². The van der Waals surface area contributed by atoms with Crippen molar-refractivity contribution < 1.29 is 4.79 Å². The van der Waals surface area contributed by atoms with E-state index < -0.39 is 0 Å². The van der Waals surface area contributed by atoms with Gasteiger partial charge < -0.3 is 0 Å². The summed E-state index contributed by atoms with van der Waals surface area (Å²) < 4.78 is 0. The lowest BCUT2D eigenvalue weighted by Crippen LogP contribution is -2.37. The van der Waals surface area contributed by atoms with Crippen molar-refractivity contribution in [3.05, 3.63) is 0 Å². The zero-order chi connectivity index (χ0) is 10.0. The van der Waals surface area contributed by atoms with Gasteiger partial charge in [-0.2, -0.15) is 0 Å². The minimum Gasteiger partial charge on any atom is -0.298 e. The highest BCUT2D eigenvalue weighted by Gasteiger charge is 2.37. The van der Waals surface area contributed by atoms with Gasteiger partial charge in [-0.05, 0) is 32.7 Å². The molecule has 1 saturated heterocycles. The van der Waals surface area contributed by atoms with Gasteiger partial charge in [0.2, 0.25) is 0 Å². The fourth-order valence-electron chi connectivity index (χ4n) is 2.54. The smallest absolute Gasteiger partial charge is 0.146 e. The molecular formula is C11H21NO. The molecule has 1 aliphatic rings. The number of Topliss-reactive ketones (excluding diaryl/α,β-unsaturated/α-hetero) is 1. The summed E-state index contributed by atoms with van der Waals surface area (Å²) in [5.41, 5.74) is 0. The molecule has 3 atom stereocenters. The monoisotopic (exact) mass is 183 g/mol. The molecule has 0 spiro atoms. The zero-order valence-electron chi connectivity index (χ0n) is 9.21. The van der Waals surface area contributed by atoms with E-state index in [1.165, 1.54) is 12.8 Å². The molecule has 0 aliphatic carbocycles. The molecule has 0 aromatic carbocycles. The van der Waals surface area contributed by atoms with Gasteiger partial charge in [0.25, 0.3) is 0 Å². The molecule has 2 nitrogen and oxygen atoms in total. The van der Waals surface area contributed by atoms with Crippen LogP contribution in [0.4, 0.5) is 0 Å². The largest absolute Gasteiger partial charge is 0.298 e. The summed E-state index contributed by atoms with van der Waals surface area (Å²) in [6.45, 7) is 6.18. The van der Waals surface area contributed by atoms with E-state index in [-0.39, 0.29) is 6.04 Å². The topological polar surface area (TPSA) is 20.3 Å². The SMILES string of the molecule is CCC[C@H]1[C@@H](C)C[C@@H](C(C)=O)N1C. The van der Waals surface area contributed by atoms with Crippen molar-refractivity contribution in [1.29, 1.82) is 0 Å². The van der Waals surface area contributed by atoms with E-state index in [4.69, 9.17) is 0 Å². The normalized spacial score (nSPS) is 35.2. The van der Waals surface area contributed by atoms with E-state index in [1.807, 2.05) is 0 Å². The van der Waals surface area contributed by atoms with E-state index in [0.29, 0.717) is 17.7 Å². The molecule has 0 aromatic heterocycles. The van der Waals surface area contributed by atoms with Crippen LogP contribution in [0.2, 0.25) is 0 Å². The number of rotatable bonds is 3. The average Bonchev–Trinajstić information content (AvgIpc) is 2.32. The quantitative estimate of drug-likeness (QED) is 0.667. The first-order valence-electron chi connectivity index (χ1n) is 5.30. The molecule has 0 unspecified atom stereocenters. The lowest BCUT2D eigenvalue weighted by Gasteiger charge is -2.25. The van der Waals surface area contributed by atoms with E-state index in [0.717, 1.165) is 6.42 Å². The summed E-state index contributed by atoms with van der Waals surface area (Å²) >= 11 is 0. The maximum absolute atomic E-state index is 11.3. The lowest BCUT2D eigenvalue weighted by molar-refractivity contribution is -0.121. The van der Waals surface area contributed by atoms with Crippen LogP contribution in [0, 0.1) is 5.92 Å². The minimum absolute atomic E-state index is 0.187. The second kappa shape index (κ2) is 4.23. The van der Waals surface area contributed by atoms with E-state index in [2.05, 4.69) is 25.8 Å². The van der Waals surface area contributed by atoms with E-state index in [1.54, 1.807) is 6.92 Å². The van der Waals surface area contributed by atoms with Gasteiger partial charge in [-0.1, -0.05) is 20.3 Å². The Balaban J connectivity index is 2.63. The number of hydrogen-bond donors (Lipinski definition) is 0. The van der Waals surface area contributed by atoms with E-state index in [9.17, 15) is 4.79 Å². The maximum Gasteiger partial charge on any atom is 0.146 e. The van der Waals surface area contributed by atoms with Crippen LogP contribution < -0.4 is 0 Å². The average molecular weight is 183 g/mol. The second-order valence-electron chi connectivity index (χ2n) is 4.36. The predicted octanol–water partition coefficient (Wildman–Crippen LogP) is 2.08. The van der Waals surface area contributed by atoms with Crippen molar-refractivity contribution in [3.8, 4) is 0 Å². The first-order valence-corrected chi connectivity index (χ1v) is 5.30. The number of likely N-dealkylation sites (tertiary alicyclic amines) is 1. The van der Waals surface area contributed by atoms with Gasteiger partial charge in [0, 0.05) is 6.04 Å². The molecule has 1 aliphatic heterocycles. The van der Waals surface area contributed by atoms with Crippen molar-refractivity contribution in [2.75, 3.05) is 7.05 Å². The van der Waals surface area contributed by atoms with Crippen molar-refractivity contribution in [2.24, 2.45) is 5.92 Å². The Hall–Kier alpha value is -0.370. The molecule has 0 N–H and O–H groups in total. The molecule has 0 aromatic rings. The molecule has 1 rings (SSSR count). The van der Waals surface area contributed by atoms with Gasteiger partial charge in [-0.25, -0.2) is 0 Å². The lowest BCUT2D eigenvalue weighted by atomic mass is 9.97. The Morgan fingerprint density at radius 2 is 2.15 bits per heavy atom. The Morgan fingerprint density at radius 1 is 1.54 bits per heavy atom. The van der Waals surface area contributed by atoms with E-state index >= 15 is 0 Å². The highest BCUT2D eigenvalue weighted by atomic mass is 16.1. The van der Waals surface area contributed by atoms with Gasteiger partial charge >= 0.3 is 0 Å². The molecule has 0 amide bonds. The van der Waals surface area contributed by atoms with Crippen LogP contribution in [-0.2, 0) is 4.79 Å². The second-order valence-corrected chi connectivity index (χ2v) is 4.36. The van der Waals surface area contributed by atoms with Gasteiger partial charge in [0.05, 0.1) is 6.04 Å². The summed E-state index contributed by atoms with van der Waals surface area (Å²) in [4.78, 5) is 13.6. The number of ketones is 1. The highest BCUT2D eigenvalue weighted by molar-refractivity contribution is 5.81. The molecule has 2 heteroatoms. The summed E-state index contributed by atoms with van der Waals surface area (Å²) in [5.74, 6) is 1.01. The fourth-order valence-corrected chi connectivity index (χ4v) is 2.54. The van der Waals surface area contributed by atoms with Crippen molar-refractivity contribution in [2.45, 2.75) is 52.1 Å². The van der Waals surface area contributed by atoms with Crippen LogP contribution in [0.3, 0.4) is 0 Å². The summed E-state index contributed by atoms with van der Waals surface area (Å²) in [6.07, 6.45) is 3.49. The third-order valence-corrected chi connectivity index (χ3v) is 3.32. The number of nitrogens with zero attached hydrogens (tertiary/aromatic N) is 1.